The second kappa shape index (κ2) is 6.79. The minimum Gasteiger partial charge on any atom is -0.367 e. The molecule has 3 rings (SSSR count). The van der Waals surface area contributed by atoms with Gasteiger partial charge in [-0.3, -0.25) is 4.79 Å². The molecule has 3 heteroatoms. The molecule has 0 saturated carbocycles. The van der Waals surface area contributed by atoms with Gasteiger partial charge in [-0.15, -0.1) is 0 Å². The van der Waals surface area contributed by atoms with E-state index in [4.69, 9.17) is 0 Å². The highest BCUT2D eigenvalue weighted by atomic mass is 16.1. The molecule has 1 aliphatic heterocycles. The van der Waals surface area contributed by atoms with Crippen LogP contribution in [0.5, 0.6) is 0 Å². The van der Waals surface area contributed by atoms with Crippen LogP contribution in [0.2, 0.25) is 0 Å². The molecule has 1 N–H and O–H groups in total. The first kappa shape index (κ1) is 14.2. The Labute approximate surface area is 127 Å². The van der Waals surface area contributed by atoms with Gasteiger partial charge in [0.2, 0.25) is 5.91 Å². The third-order valence-corrected chi connectivity index (χ3v) is 4.62. The summed E-state index contributed by atoms with van der Waals surface area (Å²) in [5, 5.41) is 3.18. The van der Waals surface area contributed by atoms with Gasteiger partial charge in [-0.05, 0) is 44.2 Å². The molecule has 21 heavy (non-hydrogen) atoms. The van der Waals surface area contributed by atoms with Gasteiger partial charge in [0, 0.05) is 30.7 Å². The van der Waals surface area contributed by atoms with Crippen molar-refractivity contribution >= 4 is 11.6 Å². The lowest BCUT2D eigenvalue weighted by Crippen LogP contribution is -2.42. The van der Waals surface area contributed by atoms with Crippen molar-refractivity contribution in [2.45, 2.75) is 38.1 Å². The largest absolute Gasteiger partial charge is 0.367 e. The molecule has 1 aromatic rings. The number of allylic oxidation sites excluding steroid dienone is 2. The van der Waals surface area contributed by atoms with Crippen molar-refractivity contribution in [2.24, 2.45) is 5.92 Å². The summed E-state index contributed by atoms with van der Waals surface area (Å²) in [6.07, 6.45) is 9.63. The summed E-state index contributed by atoms with van der Waals surface area (Å²) in [7, 11) is 0. The maximum atomic E-state index is 12.2. The fraction of sp³-hybridized carbons (Fsp3) is 0.500. The summed E-state index contributed by atoms with van der Waals surface area (Å²) in [4.78, 5) is 14.7. The maximum Gasteiger partial charge on any atom is 0.223 e. The number of carbonyl (C=O) groups excluding carboxylic acids is 1. The normalized spacial score (nSPS) is 25.0. The zero-order valence-electron chi connectivity index (χ0n) is 12.5. The predicted molar refractivity (Wildman–Crippen MR) is 86.3 cm³/mol. The maximum absolute atomic E-state index is 12.2. The molecule has 1 fully saturated rings. The third-order valence-electron chi connectivity index (χ3n) is 4.62. The number of para-hydroxylation sites is 1. The molecule has 3 nitrogen and oxygen atoms in total. The molecule has 0 spiro atoms. The minimum absolute atomic E-state index is 0.182. The Balaban J connectivity index is 1.54. The van der Waals surface area contributed by atoms with E-state index >= 15 is 0 Å². The molecule has 0 radical (unpaired) electrons. The molecule has 2 aliphatic rings. The first-order valence-electron chi connectivity index (χ1n) is 8.09. The molecule has 0 aromatic heterocycles. The van der Waals surface area contributed by atoms with Gasteiger partial charge in [0.05, 0.1) is 0 Å². The van der Waals surface area contributed by atoms with Crippen LogP contribution in [0.25, 0.3) is 0 Å². The summed E-state index contributed by atoms with van der Waals surface area (Å²) in [6.45, 7) is 1.87. The number of anilines is 1. The molecule has 1 aromatic carbocycles. The van der Waals surface area contributed by atoms with E-state index in [-0.39, 0.29) is 11.8 Å². The number of hydrogen-bond acceptors (Lipinski definition) is 2. The zero-order chi connectivity index (χ0) is 14.5. The molecule has 0 bridgehead atoms. The number of nitrogens with one attached hydrogen (secondary N) is 1. The molecule has 2 atom stereocenters. The van der Waals surface area contributed by atoms with Crippen LogP contribution >= 0.6 is 0 Å². The van der Waals surface area contributed by atoms with E-state index in [0.717, 1.165) is 32.4 Å². The molecular formula is C18H24N2O. The molecule has 1 heterocycles. The Hall–Kier alpha value is -1.77. The quantitative estimate of drug-likeness (QED) is 0.862. The molecule has 1 aliphatic carbocycles. The second-order valence-electron chi connectivity index (χ2n) is 6.05. The highest BCUT2D eigenvalue weighted by molar-refractivity contribution is 5.79. The van der Waals surface area contributed by atoms with Crippen molar-refractivity contribution in [2.75, 3.05) is 18.0 Å². The first-order valence-corrected chi connectivity index (χ1v) is 8.09. The van der Waals surface area contributed by atoms with Crippen LogP contribution in [0.4, 0.5) is 5.69 Å². The average Bonchev–Trinajstić information content (AvgIpc) is 3.03. The first-order chi connectivity index (χ1) is 10.3. The highest BCUT2D eigenvalue weighted by Crippen LogP contribution is 2.25. The van der Waals surface area contributed by atoms with Crippen LogP contribution in [0, 0.1) is 5.92 Å². The van der Waals surface area contributed by atoms with Gasteiger partial charge in [-0.1, -0.05) is 30.4 Å². The Morgan fingerprint density at radius 1 is 1.19 bits per heavy atom. The van der Waals surface area contributed by atoms with E-state index in [1.807, 2.05) is 6.07 Å². The highest BCUT2D eigenvalue weighted by Gasteiger charge is 2.26. The van der Waals surface area contributed by atoms with Gasteiger partial charge in [0.1, 0.15) is 0 Å². The number of rotatable bonds is 4. The number of carbonyl (C=O) groups is 1. The lowest BCUT2D eigenvalue weighted by molar-refractivity contribution is -0.125. The summed E-state index contributed by atoms with van der Waals surface area (Å²) < 4.78 is 0. The van der Waals surface area contributed by atoms with Gasteiger partial charge in [0.15, 0.2) is 0 Å². The van der Waals surface area contributed by atoms with Crippen LogP contribution in [0.3, 0.4) is 0 Å². The summed E-state index contributed by atoms with van der Waals surface area (Å²) in [6, 6.07) is 11.0. The van der Waals surface area contributed by atoms with Crippen LogP contribution in [-0.2, 0) is 4.79 Å². The smallest absolute Gasteiger partial charge is 0.223 e. The predicted octanol–water partition coefficient (Wildman–Crippen LogP) is 3.13. The van der Waals surface area contributed by atoms with Crippen LogP contribution in [0.15, 0.2) is 42.5 Å². The van der Waals surface area contributed by atoms with E-state index < -0.39 is 0 Å². The van der Waals surface area contributed by atoms with E-state index in [1.165, 1.54) is 18.5 Å². The average molecular weight is 284 g/mol. The Morgan fingerprint density at radius 3 is 2.81 bits per heavy atom. The van der Waals surface area contributed by atoms with Crippen molar-refractivity contribution in [3.05, 3.63) is 42.5 Å². The number of benzene rings is 1. The van der Waals surface area contributed by atoms with Gasteiger partial charge in [-0.25, -0.2) is 0 Å². The second-order valence-corrected chi connectivity index (χ2v) is 6.05. The van der Waals surface area contributed by atoms with Gasteiger partial charge < -0.3 is 10.2 Å². The molecular weight excluding hydrogens is 260 g/mol. The van der Waals surface area contributed by atoms with E-state index in [0.29, 0.717) is 6.04 Å². The van der Waals surface area contributed by atoms with Crippen molar-refractivity contribution in [3.8, 4) is 0 Å². The Morgan fingerprint density at radius 2 is 2.05 bits per heavy atom. The lowest BCUT2D eigenvalue weighted by Gasteiger charge is -2.28. The van der Waals surface area contributed by atoms with E-state index in [9.17, 15) is 4.79 Å². The Bertz CT molecular complexity index is 497. The molecule has 0 unspecified atom stereocenters. The lowest BCUT2D eigenvalue weighted by atomic mass is 9.93. The molecule has 112 valence electrons. The van der Waals surface area contributed by atoms with Gasteiger partial charge in [-0.2, -0.15) is 0 Å². The summed E-state index contributed by atoms with van der Waals surface area (Å²) in [5.74, 6) is 0.417. The molecule has 1 amide bonds. The van der Waals surface area contributed by atoms with Crippen LogP contribution in [0.1, 0.15) is 32.1 Å². The SMILES string of the molecule is O=C(NC[C@H]1CCCN1c1ccccc1)[C@H]1CC=CCC1. The van der Waals surface area contributed by atoms with E-state index in [1.54, 1.807) is 0 Å². The van der Waals surface area contributed by atoms with Gasteiger partial charge >= 0.3 is 0 Å². The molecule has 1 saturated heterocycles. The number of amides is 1. The van der Waals surface area contributed by atoms with Gasteiger partial charge in [0.25, 0.3) is 0 Å². The van der Waals surface area contributed by atoms with Crippen LogP contribution < -0.4 is 10.2 Å². The van der Waals surface area contributed by atoms with Crippen LogP contribution in [-0.4, -0.2) is 25.0 Å². The third kappa shape index (κ3) is 3.46. The fourth-order valence-corrected chi connectivity index (χ4v) is 3.40. The topological polar surface area (TPSA) is 32.3 Å². The minimum atomic E-state index is 0.182. The van der Waals surface area contributed by atoms with Crippen molar-refractivity contribution in [1.82, 2.24) is 5.32 Å². The fourth-order valence-electron chi connectivity index (χ4n) is 3.40. The zero-order valence-corrected chi connectivity index (χ0v) is 12.5. The van der Waals surface area contributed by atoms with E-state index in [2.05, 4.69) is 46.6 Å². The van der Waals surface area contributed by atoms with Crippen molar-refractivity contribution in [1.29, 1.82) is 0 Å². The van der Waals surface area contributed by atoms with Crippen molar-refractivity contribution < 1.29 is 4.79 Å². The monoisotopic (exact) mass is 284 g/mol. The van der Waals surface area contributed by atoms with Crippen molar-refractivity contribution in [3.63, 3.8) is 0 Å². The summed E-state index contributed by atoms with van der Waals surface area (Å²) in [5.41, 5.74) is 1.27. The number of hydrogen-bond donors (Lipinski definition) is 1. The summed E-state index contributed by atoms with van der Waals surface area (Å²) >= 11 is 0. The Kier molecular flexibility index (Phi) is 4.59. The standard InChI is InChI=1S/C18H24N2O/c21-18(15-8-3-1-4-9-15)19-14-17-12-7-13-20(17)16-10-5-2-6-11-16/h1-3,5-6,10-11,15,17H,4,7-9,12-14H2,(H,19,21)/t15-,17+/m0/s1. The number of nitrogens with zero attached hydrogens (tertiary/aromatic N) is 1.